The molecule has 0 saturated carbocycles. The fourth-order valence-electron chi connectivity index (χ4n) is 2.42. The highest BCUT2D eigenvalue weighted by molar-refractivity contribution is 5.96. The van der Waals surface area contributed by atoms with Gasteiger partial charge >= 0.3 is 0 Å². The first-order valence-corrected chi connectivity index (χ1v) is 8.98. The van der Waals surface area contributed by atoms with Crippen molar-refractivity contribution >= 4 is 17.5 Å². The number of amides is 2. The molecule has 3 N–H and O–H groups in total. The minimum absolute atomic E-state index is 0.0913. The van der Waals surface area contributed by atoms with Gasteiger partial charge in [0.25, 0.3) is 5.91 Å². The summed E-state index contributed by atoms with van der Waals surface area (Å²) in [7, 11) is 0. The van der Waals surface area contributed by atoms with Gasteiger partial charge in [-0.25, -0.2) is 0 Å². The molecule has 0 spiro atoms. The largest absolute Gasteiger partial charge is 0.350 e. The SMILES string of the molecule is CCC(C)NC(=O)c1ccc(NC(=O)CNC(C)c2ccccc2)cc1. The molecule has 2 unspecified atom stereocenters. The van der Waals surface area contributed by atoms with Crippen LogP contribution in [0, 0.1) is 0 Å². The van der Waals surface area contributed by atoms with Gasteiger partial charge in [0, 0.05) is 23.3 Å². The highest BCUT2D eigenvalue weighted by atomic mass is 16.2. The molecule has 138 valence electrons. The van der Waals surface area contributed by atoms with Gasteiger partial charge in [0.2, 0.25) is 5.91 Å². The molecule has 26 heavy (non-hydrogen) atoms. The smallest absolute Gasteiger partial charge is 0.251 e. The minimum Gasteiger partial charge on any atom is -0.350 e. The average Bonchev–Trinajstić information content (AvgIpc) is 2.67. The average molecular weight is 353 g/mol. The predicted molar refractivity (Wildman–Crippen MR) is 105 cm³/mol. The maximum absolute atomic E-state index is 12.1. The van der Waals surface area contributed by atoms with Gasteiger partial charge in [0.1, 0.15) is 0 Å². The second kappa shape index (κ2) is 9.73. The Morgan fingerprint density at radius 1 is 0.962 bits per heavy atom. The highest BCUT2D eigenvalue weighted by Gasteiger charge is 2.10. The monoisotopic (exact) mass is 353 g/mol. The van der Waals surface area contributed by atoms with Crippen molar-refractivity contribution in [3.63, 3.8) is 0 Å². The summed E-state index contributed by atoms with van der Waals surface area (Å²) >= 11 is 0. The third-order valence-corrected chi connectivity index (χ3v) is 4.29. The van der Waals surface area contributed by atoms with Crippen molar-refractivity contribution < 1.29 is 9.59 Å². The summed E-state index contributed by atoms with van der Waals surface area (Å²) in [5.41, 5.74) is 2.39. The maximum Gasteiger partial charge on any atom is 0.251 e. The summed E-state index contributed by atoms with van der Waals surface area (Å²) in [5.74, 6) is -0.222. The molecular weight excluding hydrogens is 326 g/mol. The van der Waals surface area contributed by atoms with Crippen molar-refractivity contribution in [3.05, 3.63) is 65.7 Å². The van der Waals surface area contributed by atoms with Crippen LogP contribution in [0.15, 0.2) is 54.6 Å². The Morgan fingerprint density at radius 3 is 2.23 bits per heavy atom. The van der Waals surface area contributed by atoms with Crippen LogP contribution < -0.4 is 16.0 Å². The summed E-state index contributed by atoms with van der Waals surface area (Å²) in [4.78, 5) is 24.1. The Balaban J connectivity index is 1.82. The van der Waals surface area contributed by atoms with E-state index in [0.29, 0.717) is 11.3 Å². The molecule has 0 fully saturated rings. The van der Waals surface area contributed by atoms with Gasteiger partial charge in [0.05, 0.1) is 6.54 Å². The Labute approximate surface area is 155 Å². The van der Waals surface area contributed by atoms with E-state index in [9.17, 15) is 9.59 Å². The summed E-state index contributed by atoms with van der Waals surface area (Å²) in [6.45, 7) is 6.23. The molecule has 2 aromatic rings. The van der Waals surface area contributed by atoms with E-state index in [4.69, 9.17) is 0 Å². The second-order valence-corrected chi connectivity index (χ2v) is 6.42. The van der Waals surface area contributed by atoms with E-state index in [1.54, 1.807) is 24.3 Å². The standard InChI is InChI=1S/C21H27N3O2/c1-4-15(2)23-21(26)18-10-12-19(13-11-18)24-20(25)14-22-16(3)17-8-6-5-7-9-17/h5-13,15-16,22H,4,14H2,1-3H3,(H,23,26)(H,24,25). The van der Waals surface area contributed by atoms with Crippen LogP contribution in [0.5, 0.6) is 0 Å². The molecule has 0 radical (unpaired) electrons. The lowest BCUT2D eigenvalue weighted by Crippen LogP contribution is -2.32. The number of carbonyl (C=O) groups excluding carboxylic acids is 2. The Morgan fingerprint density at radius 2 is 1.62 bits per heavy atom. The number of nitrogens with one attached hydrogen (secondary N) is 3. The van der Waals surface area contributed by atoms with Crippen LogP contribution >= 0.6 is 0 Å². The van der Waals surface area contributed by atoms with Crippen LogP contribution in [0.4, 0.5) is 5.69 Å². The third kappa shape index (κ3) is 6.01. The summed E-state index contributed by atoms with van der Waals surface area (Å²) in [5, 5.41) is 8.95. The van der Waals surface area contributed by atoms with E-state index >= 15 is 0 Å². The van der Waals surface area contributed by atoms with E-state index in [2.05, 4.69) is 16.0 Å². The zero-order valence-electron chi connectivity index (χ0n) is 15.6. The van der Waals surface area contributed by atoms with Crippen LogP contribution in [0.3, 0.4) is 0 Å². The summed E-state index contributed by atoms with van der Waals surface area (Å²) in [6, 6.07) is 17.1. The number of hydrogen-bond acceptors (Lipinski definition) is 3. The maximum atomic E-state index is 12.1. The molecule has 0 aliphatic rings. The Bertz CT molecular complexity index is 714. The minimum atomic E-state index is -0.121. The van der Waals surface area contributed by atoms with Crippen molar-refractivity contribution in [2.24, 2.45) is 0 Å². The van der Waals surface area contributed by atoms with Crippen molar-refractivity contribution in [3.8, 4) is 0 Å². The number of anilines is 1. The molecule has 2 aromatic carbocycles. The Hall–Kier alpha value is -2.66. The molecule has 0 aliphatic heterocycles. The second-order valence-electron chi connectivity index (χ2n) is 6.42. The van der Waals surface area contributed by atoms with Gasteiger partial charge < -0.3 is 16.0 Å². The van der Waals surface area contributed by atoms with E-state index < -0.39 is 0 Å². The molecule has 0 saturated heterocycles. The van der Waals surface area contributed by atoms with Crippen LogP contribution in [-0.2, 0) is 4.79 Å². The van der Waals surface area contributed by atoms with Crippen molar-refractivity contribution in [2.45, 2.75) is 39.3 Å². The topological polar surface area (TPSA) is 70.2 Å². The molecule has 2 amide bonds. The molecule has 0 aromatic heterocycles. The fraction of sp³-hybridized carbons (Fsp3) is 0.333. The van der Waals surface area contributed by atoms with Gasteiger partial charge in [-0.2, -0.15) is 0 Å². The lowest BCUT2D eigenvalue weighted by Gasteiger charge is -2.14. The quantitative estimate of drug-likeness (QED) is 0.680. The van der Waals surface area contributed by atoms with E-state index in [0.717, 1.165) is 12.0 Å². The van der Waals surface area contributed by atoms with Crippen LogP contribution in [0.1, 0.15) is 49.2 Å². The molecule has 0 aliphatic carbocycles. The molecule has 0 heterocycles. The van der Waals surface area contributed by atoms with E-state index in [1.807, 2.05) is 51.1 Å². The van der Waals surface area contributed by atoms with Crippen molar-refractivity contribution in [2.75, 3.05) is 11.9 Å². The van der Waals surface area contributed by atoms with Crippen molar-refractivity contribution in [1.82, 2.24) is 10.6 Å². The molecule has 5 nitrogen and oxygen atoms in total. The van der Waals surface area contributed by atoms with Gasteiger partial charge in [0.15, 0.2) is 0 Å². The highest BCUT2D eigenvalue weighted by Crippen LogP contribution is 2.12. The molecule has 5 heteroatoms. The first-order chi connectivity index (χ1) is 12.5. The molecule has 0 bridgehead atoms. The summed E-state index contributed by atoms with van der Waals surface area (Å²) < 4.78 is 0. The first kappa shape index (κ1) is 19.7. The number of hydrogen-bond donors (Lipinski definition) is 3. The predicted octanol–water partition coefficient (Wildman–Crippen LogP) is 3.50. The van der Waals surface area contributed by atoms with Crippen LogP contribution in [0.2, 0.25) is 0 Å². The van der Waals surface area contributed by atoms with Crippen molar-refractivity contribution in [1.29, 1.82) is 0 Å². The Kier molecular flexibility index (Phi) is 7.36. The van der Waals surface area contributed by atoms with Gasteiger partial charge in [-0.1, -0.05) is 37.3 Å². The summed E-state index contributed by atoms with van der Waals surface area (Å²) in [6.07, 6.45) is 0.883. The molecular formula is C21H27N3O2. The van der Waals surface area contributed by atoms with Gasteiger partial charge in [-0.15, -0.1) is 0 Å². The molecule has 2 rings (SSSR count). The number of benzene rings is 2. The lowest BCUT2D eigenvalue weighted by atomic mass is 10.1. The van der Waals surface area contributed by atoms with Crippen LogP contribution in [-0.4, -0.2) is 24.4 Å². The number of carbonyl (C=O) groups is 2. The van der Waals surface area contributed by atoms with E-state index in [-0.39, 0.29) is 30.4 Å². The normalized spacial score (nSPS) is 12.9. The van der Waals surface area contributed by atoms with Gasteiger partial charge in [-0.05, 0) is 50.1 Å². The number of rotatable bonds is 8. The first-order valence-electron chi connectivity index (χ1n) is 8.98. The third-order valence-electron chi connectivity index (χ3n) is 4.29. The fourth-order valence-corrected chi connectivity index (χ4v) is 2.42. The lowest BCUT2D eigenvalue weighted by molar-refractivity contribution is -0.115. The zero-order valence-corrected chi connectivity index (χ0v) is 15.6. The van der Waals surface area contributed by atoms with E-state index in [1.165, 1.54) is 0 Å². The van der Waals surface area contributed by atoms with Gasteiger partial charge in [-0.3, -0.25) is 9.59 Å². The zero-order chi connectivity index (χ0) is 18.9. The molecule has 2 atom stereocenters. The van der Waals surface area contributed by atoms with Crippen LogP contribution in [0.25, 0.3) is 0 Å².